The lowest BCUT2D eigenvalue weighted by Gasteiger charge is -2.22. The van der Waals surface area contributed by atoms with Crippen LogP contribution in [0.2, 0.25) is 0 Å². The maximum Gasteiger partial charge on any atom is 0.344 e. The zero-order valence-electron chi connectivity index (χ0n) is 12.7. The van der Waals surface area contributed by atoms with Gasteiger partial charge in [-0.25, -0.2) is 4.79 Å². The first-order valence-corrected chi connectivity index (χ1v) is 6.84. The molecule has 0 radical (unpaired) electrons. The predicted octanol–water partition coefficient (Wildman–Crippen LogP) is 3.70. The van der Waals surface area contributed by atoms with E-state index in [1.165, 1.54) is 6.07 Å². The molecule has 1 heterocycles. The van der Waals surface area contributed by atoms with Gasteiger partial charge < -0.3 is 14.4 Å². The largest absolute Gasteiger partial charge is 0.508 e. The van der Waals surface area contributed by atoms with Crippen LogP contribution in [0, 0.1) is 0 Å². The van der Waals surface area contributed by atoms with E-state index in [0.29, 0.717) is 11.0 Å². The van der Waals surface area contributed by atoms with Gasteiger partial charge in [-0.15, -0.1) is 12.4 Å². The average Bonchev–Trinajstić information content (AvgIpc) is 2.45. The molecule has 116 valence electrons. The Balaban J connectivity index is 0.00000176. The summed E-state index contributed by atoms with van der Waals surface area (Å²) >= 11 is 0. The first kappa shape index (κ1) is 16.3. The topological polar surface area (TPSA) is 53.7 Å². The summed E-state index contributed by atoms with van der Waals surface area (Å²) in [5, 5.41) is 12.2. The van der Waals surface area contributed by atoms with Crippen molar-refractivity contribution < 1.29 is 9.52 Å². The van der Waals surface area contributed by atoms with Crippen molar-refractivity contribution in [3.05, 3.63) is 52.4 Å². The van der Waals surface area contributed by atoms with E-state index in [4.69, 9.17) is 4.42 Å². The number of rotatable bonds is 2. The second-order valence-corrected chi connectivity index (χ2v) is 5.48. The van der Waals surface area contributed by atoms with Crippen LogP contribution in [0.25, 0.3) is 21.7 Å². The van der Waals surface area contributed by atoms with Crippen LogP contribution in [0.15, 0.2) is 45.6 Å². The number of hydrogen-bond acceptors (Lipinski definition) is 4. The third-order valence-electron chi connectivity index (χ3n) is 3.96. The Morgan fingerprint density at radius 3 is 2.41 bits per heavy atom. The summed E-state index contributed by atoms with van der Waals surface area (Å²) in [5.74, 6) is 0.102. The van der Waals surface area contributed by atoms with E-state index in [-0.39, 0.29) is 29.8 Å². The third-order valence-corrected chi connectivity index (χ3v) is 3.96. The molecule has 1 aromatic heterocycles. The summed E-state index contributed by atoms with van der Waals surface area (Å²) in [6.07, 6.45) is 0. The molecule has 5 heteroatoms. The highest BCUT2D eigenvalue weighted by molar-refractivity contribution is 6.06. The highest BCUT2D eigenvalue weighted by Gasteiger charge is 2.17. The summed E-state index contributed by atoms with van der Waals surface area (Å²) in [7, 11) is 3.95. The molecule has 0 saturated heterocycles. The fraction of sp³-hybridized carbons (Fsp3) is 0.235. The molecule has 4 nitrogen and oxygen atoms in total. The molecule has 0 aliphatic rings. The molecule has 1 unspecified atom stereocenters. The Hall–Kier alpha value is -2.04. The van der Waals surface area contributed by atoms with Gasteiger partial charge in [0.15, 0.2) is 0 Å². The number of halogens is 1. The molecular formula is C17H18ClNO3. The normalized spacial score (nSPS) is 12.5. The van der Waals surface area contributed by atoms with E-state index in [9.17, 15) is 9.90 Å². The zero-order chi connectivity index (χ0) is 15.1. The van der Waals surface area contributed by atoms with Crippen LogP contribution < -0.4 is 5.63 Å². The van der Waals surface area contributed by atoms with E-state index in [1.807, 2.05) is 44.1 Å². The van der Waals surface area contributed by atoms with Crippen molar-refractivity contribution in [2.45, 2.75) is 13.0 Å². The van der Waals surface area contributed by atoms with Crippen molar-refractivity contribution in [1.82, 2.24) is 4.90 Å². The second kappa shape index (κ2) is 5.99. The number of fused-ring (bicyclic) bond motifs is 3. The Kier molecular flexibility index (Phi) is 4.44. The number of phenolic OH excluding ortho intramolecular Hbond substituents is 1. The van der Waals surface area contributed by atoms with Crippen LogP contribution >= 0.6 is 12.4 Å². The maximum absolute atomic E-state index is 12.1. The Morgan fingerprint density at radius 2 is 1.77 bits per heavy atom. The molecular weight excluding hydrogens is 302 g/mol. The average molecular weight is 320 g/mol. The van der Waals surface area contributed by atoms with Gasteiger partial charge in [0, 0.05) is 22.9 Å². The van der Waals surface area contributed by atoms with Crippen LogP contribution in [0.3, 0.4) is 0 Å². The molecule has 0 saturated carbocycles. The van der Waals surface area contributed by atoms with Crippen molar-refractivity contribution in [3.63, 3.8) is 0 Å². The molecule has 1 atom stereocenters. The molecule has 22 heavy (non-hydrogen) atoms. The molecule has 0 spiro atoms. The lowest BCUT2D eigenvalue weighted by molar-refractivity contribution is 0.322. The van der Waals surface area contributed by atoms with Gasteiger partial charge in [0.2, 0.25) is 0 Å². The van der Waals surface area contributed by atoms with Crippen LogP contribution in [-0.2, 0) is 0 Å². The fourth-order valence-corrected chi connectivity index (χ4v) is 2.63. The first-order chi connectivity index (χ1) is 9.99. The minimum atomic E-state index is -0.382. The van der Waals surface area contributed by atoms with Gasteiger partial charge in [-0.3, -0.25) is 0 Å². The minimum Gasteiger partial charge on any atom is -0.508 e. The smallest absolute Gasteiger partial charge is 0.344 e. The van der Waals surface area contributed by atoms with Gasteiger partial charge >= 0.3 is 5.63 Å². The summed E-state index contributed by atoms with van der Waals surface area (Å²) < 4.78 is 5.39. The molecule has 1 N–H and O–H groups in total. The highest BCUT2D eigenvalue weighted by Crippen LogP contribution is 2.34. The molecule has 0 fully saturated rings. The molecule has 0 bridgehead atoms. The van der Waals surface area contributed by atoms with Crippen LogP contribution in [0.4, 0.5) is 0 Å². The second-order valence-electron chi connectivity index (χ2n) is 5.48. The molecule has 0 aliphatic heterocycles. The SMILES string of the molecule is CC(c1cc(O)cc2oc(=O)c3ccccc3c12)N(C)C.Cl. The molecule has 2 aromatic carbocycles. The number of aromatic hydroxyl groups is 1. The third kappa shape index (κ3) is 2.56. The van der Waals surface area contributed by atoms with Crippen LogP contribution in [-0.4, -0.2) is 24.1 Å². The van der Waals surface area contributed by atoms with Crippen molar-refractivity contribution in [1.29, 1.82) is 0 Å². The van der Waals surface area contributed by atoms with Gasteiger partial charge in [0.05, 0.1) is 5.39 Å². The Morgan fingerprint density at radius 1 is 1.14 bits per heavy atom. The molecule has 3 aromatic rings. The van der Waals surface area contributed by atoms with E-state index < -0.39 is 0 Å². The van der Waals surface area contributed by atoms with Crippen LogP contribution in [0.1, 0.15) is 18.5 Å². The van der Waals surface area contributed by atoms with E-state index in [0.717, 1.165) is 16.3 Å². The van der Waals surface area contributed by atoms with E-state index in [2.05, 4.69) is 0 Å². The quantitative estimate of drug-likeness (QED) is 0.578. The molecule has 3 rings (SSSR count). The predicted molar refractivity (Wildman–Crippen MR) is 91.0 cm³/mol. The highest BCUT2D eigenvalue weighted by atomic mass is 35.5. The van der Waals surface area contributed by atoms with Crippen molar-refractivity contribution in [3.8, 4) is 5.75 Å². The summed E-state index contributed by atoms with van der Waals surface area (Å²) in [6.45, 7) is 2.05. The van der Waals surface area contributed by atoms with Gasteiger partial charge in [-0.05, 0) is 38.7 Å². The standard InChI is InChI=1S/C17H17NO3.ClH/c1-10(18(2)3)14-8-11(19)9-15-16(14)12-6-4-5-7-13(12)17(20)21-15;/h4-10,19H,1-3H3;1H. The summed E-state index contributed by atoms with van der Waals surface area (Å²) in [5.41, 5.74) is 0.976. The van der Waals surface area contributed by atoms with E-state index in [1.54, 1.807) is 12.1 Å². The van der Waals surface area contributed by atoms with Gasteiger partial charge in [0.25, 0.3) is 0 Å². The number of nitrogens with zero attached hydrogens (tertiary/aromatic N) is 1. The van der Waals surface area contributed by atoms with Crippen LogP contribution in [0.5, 0.6) is 5.75 Å². The summed E-state index contributed by atoms with van der Waals surface area (Å²) in [6, 6.07) is 10.7. The van der Waals surface area contributed by atoms with Crippen molar-refractivity contribution in [2.75, 3.05) is 14.1 Å². The lowest BCUT2D eigenvalue weighted by Crippen LogP contribution is -2.17. The van der Waals surface area contributed by atoms with Gasteiger partial charge in [-0.2, -0.15) is 0 Å². The number of benzene rings is 2. The molecule has 0 amide bonds. The molecule has 0 aliphatic carbocycles. The maximum atomic E-state index is 12.1. The Bertz CT molecular complexity index is 886. The number of phenols is 1. The summed E-state index contributed by atoms with van der Waals surface area (Å²) in [4.78, 5) is 14.1. The zero-order valence-corrected chi connectivity index (χ0v) is 13.5. The minimum absolute atomic E-state index is 0. The Labute approximate surface area is 134 Å². The monoisotopic (exact) mass is 319 g/mol. The fourth-order valence-electron chi connectivity index (χ4n) is 2.63. The first-order valence-electron chi connectivity index (χ1n) is 6.84. The van der Waals surface area contributed by atoms with Gasteiger partial charge in [-0.1, -0.05) is 18.2 Å². The van der Waals surface area contributed by atoms with Crippen molar-refractivity contribution in [2.24, 2.45) is 0 Å². The van der Waals surface area contributed by atoms with E-state index >= 15 is 0 Å². The lowest BCUT2D eigenvalue weighted by atomic mass is 9.97. The van der Waals surface area contributed by atoms with Crippen molar-refractivity contribution >= 4 is 34.1 Å². The number of hydrogen-bond donors (Lipinski definition) is 1. The van der Waals surface area contributed by atoms with Gasteiger partial charge in [0.1, 0.15) is 11.3 Å².